The number of nitriles is 1. The maximum Gasteiger partial charge on any atom is 0.252 e. The van der Waals surface area contributed by atoms with E-state index in [0.717, 1.165) is 18.5 Å². The van der Waals surface area contributed by atoms with E-state index in [-0.39, 0.29) is 29.7 Å². The molecule has 1 saturated heterocycles. The maximum atomic E-state index is 12.5. The molecular weight excluding hydrogens is 466 g/mol. The summed E-state index contributed by atoms with van der Waals surface area (Å²) < 4.78 is 8.15. The van der Waals surface area contributed by atoms with Crippen molar-refractivity contribution in [2.24, 2.45) is 0 Å². The highest BCUT2D eigenvalue weighted by atomic mass is 35.5. The van der Waals surface area contributed by atoms with Gasteiger partial charge >= 0.3 is 0 Å². The average molecular weight is 494 g/mol. The first kappa shape index (κ1) is 24.6. The Bertz CT molecular complexity index is 1260. The predicted molar refractivity (Wildman–Crippen MR) is 133 cm³/mol. The molecule has 1 fully saturated rings. The maximum absolute atomic E-state index is 12.5. The Labute approximate surface area is 209 Å². The second-order valence-corrected chi connectivity index (χ2v) is 10.2. The summed E-state index contributed by atoms with van der Waals surface area (Å²) in [5, 5.41) is 19.4. The Hall–Kier alpha value is -3.48. The van der Waals surface area contributed by atoms with E-state index in [9.17, 15) is 4.79 Å². The first-order valence-corrected chi connectivity index (χ1v) is 11.7. The first-order valence-electron chi connectivity index (χ1n) is 11.4. The van der Waals surface area contributed by atoms with Crippen LogP contribution < -0.4 is 10.6 Å². The molecule has 3 aromatic rings. The molecular formula is C25H28ClN7O2. The lowest BCUT2D eigenvalue weighted by molar-refractivity contribution is -0.170. The van der Waals surface area contributed by atoms with Gasteiger partial charge in [-0.3, -0.25) is 9.48 Å². The van der Waals surface area contributed by atoms with Crippen molar-refractivity contribution in [3.05, 3.63) is 53.4 Å². The van der Waals surface area contributed by atoms with E-state index in [1.54, 1.807) is 30.5 Å². The van der Waals surface area contributed by atoms with E-state index in [2.05, 4.69) is 53.4 Å². The van der Waals surface area contributed by atoms with Crippen molar-refractivity contribution >= 4 is 29.1 Å². The van der Waals surface area contributed by atoms with Crippen LogP contribution in [0.25, 0.3) is 11.3 Å². The fraction of sp³-hybridized carbons (Fsp3) is 0.400. The molecule has 2 aromatic heterocycles. The molecule has 1 aliphatic heterocycles. The van der Waals surface area contributed by atoms with Crippen LogP contribution in [0.4, 0.5) is 11.6 Å². The average Bonchev–Trinajstić information content (AvgIpc) is 3.25. The van der Waals surface area contributed by atoms with Crippen molar-refractivity contribution in [1.82, 2.24) is 25.1 Å². The number of hydrogen-bond acceptors (Lipinski definition) is 7. The van der Waals surface area contributed by atoms with Gasteiger partial charge in [-0.2, -0.15) is 10.4 Å². The minimum Gasteiger partial charge on any atom is -0.370 e. The van der Waals surface area contributed by atoms with E-state index in [1.807, 2.05) is 16.9 Å². The highest BCUT2D eigenvalue weighted by Gasteiger charge is 2.40. The van der Waals surface area contributed by atoms with Crippen LogP contribution in [0.1, 0.15) is 56.9 Å². The zero-order valence-electron chi connectivity index (χ0n) is 20.2. The number of aromatic nitrogens is 4. The zero-order valence-corrected chi connectivity index (χ0v) is 20.9. The number of nitrogens with one attached hydrogen (secondary N) is 2. The van der Waals surface area contributed by atoms with Crippen molar-refractivity contribution in [2.45, 2.75) is 57.8 Å². The van der Waals surface area contributed by atoms with Crippen molar-refractivity contribution in [3.63, 3.8) is 0 Å². The van der Waals surface area contributed by atoms with Crippen molar-refractivity contribution in [2.75, 3.05) is 11.9 Å². The quantitative estimate of drug-likeness (QED) is 0.469. The smallest absolute Gasteiger partial charge is 0.252 e. The molecule has 1 aliphatic rings. The third kappa shape index (κ3) is 5.78. The summed E-state index contributed by atoms with van der Waals surface area (Å²) in [5.41, 5.74) is 1.57. The molecule has 0 saturated carbocycles. The van der Waals surface area contributed by atoms with Crippen LogP contribution in [-0.2, 0) is 4.74 Å². The summed E-state index contributed by atoms with van der Waals surface area (Å²) in [4.78, 5) is 21.4. The third-order valence-corrected chi connectivity index (χ3v) is 6.01. The van der Waals surface area contributed by atoms with Gasteiger partial charge in [0.2, 0.25) is 5.95 Å². The Balaban J connectivity index is 1.58. The fourth-order valence-corrected chi connectivity index (χ4v) is 4.87. The molecule has 10 heteroatoms. The van der Waals surface area contributed by atoms with Gasteiger partial charge in [0.25, 0.3) is 5.91 Å². The molecule has 0 aliphatic carbocycles. The summed E-state index contributed by atoms with van der Waals surface area (Å²) >= 11 is 6.41. The van der Waals surface area contributed by atoms with Gasteiger partial charge in [-0.05, 0) is 46.6 Å². The van der Waals surface area contributed by atoms with Crippen molar-refractivity contribution in [3.8, 4) is 17.3 Å². The second-order valence-electron chi connectivity index (χ2n) is 9.79. The number of benzene rings is 1. The topological polar surface area (TPSA) is 118 Å². The molecule has 182 valence electrons. The summed E-state index contributed by atoms with van der Waals surface area (Å²) in [6.45, 7) is 8.31. The molecule has 0 radical (unpaired) electrons. The lowest BCUT2D eigenvalue weighted by Gasteiger charge is -2.45. The van der Waals surface area contributed by atoms with Gasteiger partial charge in [0.15, 0.2) is 0 Å². The molecule has 35 heavy (non-hydrogen) atoms. The van der Waals surface area contributed by atoms with Crippen LogP contribution in [-0.4, -0.2) is 43.4 Å². The first-order chi connectivity index (χ1) is 16.6. The van der Waals surface area contributed by atoms with E-state index in [1.165, 1.54) is 6.20 Å². The number of carbonyl (C=O) groups is 1. The monoisotopic (exact) mass is 493 g/mol. The van der Waals surface area contributed by atoms with Crippen LogP contribution >= 0.6 is 11.6 Å². The number of amides is 1. The number of rotatable bonds is 6. The predicted octanol–water partition coefficient (Wildman–Crippen LogP) is 4.90. The van der Waals surface area contributed by atoms with Gasteiger partial charge in [0.1, 0.15) is 6.54 Å². The van der Waals surface area contributed by atoms with Gasteiger partial charge in [0, 0.05) is 17.3 Å². The van der Waals surface area contributed by atoms with E-state index < -0.39 is 0 Å². The number of nitrogens with zero attached hydrogens (tertiary/aromatic N) is 5. The lowest BCUT2D eigenvalue weighted by Crippen LogP contribution is -2.45. The Kier molecular flexibility index (Phi) is 6.79. The highest BCUT2D eigenvalue weighted by molar-refractivity contribution is 6.33. The normalized spacial score (nSPS) is 16.9. The Morgan fingerprint density at radius 1 is 1.23 bits per heavy atom. The van der Waals surface area contributed by atoms with Crippen LogP contribution in [0, 0.1) is 11.3 Å². The molecule has 4 rings (SSSR count). The molecule has 1 amide bonds. The minimum absolute atomic E-state index is 0.0943. The number of anilines is 2. The van der Waals surface area contributed by atoms with Crippen LogP contribution in [0.2, 0.25) is 5.02 Å². The van der Waals surface area contributed by atoms with Gasteiger partial charge in [-0.15, -0.1) is 0 Å². The van der Waals surface area contributed by atoms with Crippen LogP contribution in [0.5, 0.6) is 0 Å². The molecule has 0 spiro atoms. The molecule has 3 heterocycles. The summed E-state index contributed by atoms with van der Waals surface area (Å²) in [6, 6.07) is 9.05. The molecule has 0 atom stereocenters. The second kappa shape index (κ2) is 9.64. The van der Waals surface area contributed by atoms with Crippen molar-refractivity contribution < 1.29 is 9.53 Å². The fourth-order valence-electron chi connectivity index (χ4n) is 4.68. The largest absolute Gasteiger partial charge is 0.370 e. The van der Waals surface area contributed by atoms with E-state index >= 15 is 0 Å². The Morgan fingerprint density at radius 2 is 1.94 bits per heavy atom. The molecule has 2 N–H and O–H groups in total. The molecule has 1 aromatic carbocycles. The lowest BCUT2D eigenvalue weighted by atomic mass is 9.85. The third-order valence-electron chi connectivity index (χ3n) is 5.74. The molecule has 0 unspecified atom stereocenters. The van der Waals surface area contributed by atoms with E-state index in [0.29, 0.717) is 27.8 Å². The summed E-state index contributed by atoms with van der Waals surface area (Å²) in [7, 11) is 0. The molecule has 9 nitrogen and oxygen atoms in total. The SMILES string of the molecule is CC1(C)CC(n2cc(Nc3ncc(Cl)c(-c4ccccc4C(=O)NCC#N)n3)cn2)CC(C)(C)O1. The summed E-state index contributed by atoms with van der Waals surface area (Å²) in [6.07, 6.45) is 6.86. The zero-order chi connectivity index (χ0) is 25.2. The van der Waals surface area contributed by atoms with Gasteiger partial charge < -0.3 is 15.4 Å². The van der Waals surface area contributed by atoms with Gasteiger partial charge in [0.05, 0.1) is 52.1 Å². The summed E-state index contributed by atoms with van der Waals surface area (Å²) in [5.74, 6) is -0.0567. The van der Waals surface area contributed by atoms with Crippen molar-refractivity contribution in [1.29, 1.82) is 5.26 Å². The number of ether oxygens (including phenoxy) is 1. The Morgan fingerprint density at radius 3 is 2.66 bits per heavy atom. The van der Waals surface area contributed by atoms with Crippen LogP contribution in [0.15, 0.2) is 42.9 Å². The number of carbonyl (C=O) groups excluding carboxylic acids is 1. The van der Waals surface area contributed by atoms with Crippen LogP contribution in [0.3, 0.4) is 0 Å². The number of halogens is 1. The molecule has 0 bridgehead atoms. The minimum atomic E-state index is -0.380. The highest BCUT2D eigenvalue weighted by Crippen LogP contribution is 2.41. The number of hydrogen-bond donors (Lipinski definition) is 2. The van der Waals surface area contributed by atoms with Gasteiger partial charge in [-0.1, -0.05) is 29.8 Å². The van der Waals surface area contributed by atoms with E-state index in [4.69, 9.17) is 21.6 Å². The standard InChI is InChI=1S/C25H28ClN7O2/c1-24(2)11-17(12-25(3,4)35-24)33-15-16(13-30-33)31-23-29-14-20(26)21(32-23)18-7-5-6-8-19(18)22(34)28-10-9-27/h5-8,13-15,17H,10-12H2,1-4H3,(H,28,34)(H,29,31,32). The van der Waals surface area contributed by atoms with Gasteiger partial charge in [-0.25, -0.2) is 9.97 Å².